The molecule has 1 atom stereocenters. The van der Waals surface area contributed by atoms with E-state index in [1.807, 2.05) is 19.0 Å². The number of carbonyl (C=O) groups is 1. The first-order valence-electron chi connectivity index (χ1n) is 8.48. The van der Waals surface area contributed by atoms with Crippen molar-refractivity contribution in [3.63, 3.8) is 0 Å². The zero-order chi connectivity index (χ0) is 20.7. The molecule has 28 heavy (non-hydrogen) atoms. The fraction of sp³-hybridized carbons (Fsp3) is 0.278. The van der Waals surface area contributed by atoms with E-state index in [-0.39, 0.29) is 16.3 Å². The van der Waals surface area contributed by atoms with Gasteiger partial charge in [0.2, 0.25) is 15.9 Å². The first kappa shape index (κ1) is 20.2. The van der Waals surface area contributed by atoms with Crippen molar-refractivity contribution in [2.24, 2.45) is 5.92 Å². The standard InChI is InChI=1S/C18H21N3O5S2/c1-13-12-27(23,24)21(18(13)22)16-8-10-17(11-9-16)28(25,26)19-14-4-6-15(7-5-14)20(2)3/h4-11,13,19H,12H2,1-3H3. The summed E-state index contributed by atoms with van der Waals surface area (Å²) in [6.07, 6.45) is 0. The van der Waals surface area contributed by atoms with Crippen molar-refractivity contribution in [1.82, 2.24) is 0 Å². The number of hydrogen-bond acceptors (Lipinski definition) is 6. The number of carbonyl (C=O) groups excluding carboxylic acids is 1. The largest absolute Gasteiger partial charge is 0.378 e. The van der Waals surface area contributed by atoms with Crippen molar-refractivity contribution in [3.05, 3.63) is 48.5 Å². The van der Waals surface area contributed by atoms with Crippen molar-refractivity contribution < 1.29 is 21.6 Å². The molecule has 0 bridgehead atoms. The van der Waals surface area contributed by atoms with Crippen LogP contribution in [0.4, 0.5) is 17.1 Å². The van der Waals surface area contributed by atoms with E-state index in [1.165, 1.54) is 24.3 Å². The van der Waals surface area contributed by atoms with Crippen LogP contribution in [0, 0.1) is 5.92 Å². The van der Waals surface area contributed by atoms with E-state index >= 15 is 0 Å². The van der Waals surface area contributed by atoms with Gasteiger partial charge in [0.15, 0.2) is 0 Å². The fourth-order valence-corrected chi connectivity index (χ4v) is 5.77. The van der Waals surface area contributed by atoms with E-state index in [9.17, 15) is 21.6 Å². The van der Waals surface area contributed by atoms with Gasteiger partial charge in [0.1, 0.15) is 0 Å². The minimum atomic E-state index is -3.86. The summed E-state index contributed by atoms with van der Waals surface area (Å²) in [5.41, 5.74) is 1.46. The van der Waals surface area contributed by atoms with Gasteiger partial charge >= 0.3 is 0 Å². The van der Waals surface area contributed by atoms with Crippen LogP contribution in [0.2, 0.25) is 0 Å². The number of amides is 1. The summed E-state index contributed by atoms with van der Waals surface area (Å²) in [6.45, 7) is 1.55. The van der Waals surface area contributed by atoms with E-state index in [1.54, 1.807) is 31.2 Å². The lowest BCUT2D eigenvalue weighted by Gasteiger charge is -2.16. The van der Waals surface area contributed by atoms with Gasteiger partial charge in [-0.3, -0.25) is 9.52 Å². The second-order valence-electron chi connectivity index (χ2n) is 6.82. The molecule has 0 aliphatic carbocycles. The van der Waals surface area contributed by atoms with Crippen LogP contribution in [0.5, 0.6) is 0 Å². The second-order valence-corrected chi connectivity index (χ2v) is 10.4. The molecule has 0 spiro atoms. The summed E-state index contributed by atoms with van der Waals surface area (Å²) in [6, 6.07) is 12.1. The average molecular weight is 424 g/mol. The molecule has 1 amide bonds. The number of anilines is 3. The first-order valence-corrected chi connectivity index (χ1v) is 11.6. The lowest BCUT2D eigenvalue weighted by atomic mass is 10.2. The van der Waals surface area contributed by atoms with Crippen LogP contribution >= 0.6 is 0 Å². The topological polar surface area (TPSA) is 104 Å². The minimum Gasteiger partial charge on any atom is -0.378 e. The van der Waals surface area contributed by atoms with Crippen molar-refractivity contribution in [2.45, 2.75) is 11.8 Å². The first-order chi connectivity index (χ1) is 13.0. The third-order valence-electron chi connectivity index (χ3n) is 4.38. The predicted molar refractivity (Wildman–Crippen MR) is 108 cm³/mol. The van der Waals surface area contributed by atoms with Gasteiger partial charge < -0.3 is 4.90 Å². The molecule has 2 aromatic rings. The highest BCUT2D eigenvalue weighted by Crippen LogP contribution is 2.29. The Balaban J connectivity index is 1.83. The number of benzene rings is 2. The maximum atomic E-state index is 12.6. The lowest BCUT2D eigenvalue weighted by Crippen LogP contribution is -2.30. The molecule has 0 saturated carbocycles. The van der Waals surface area contributed by atoms with Crippen molar-refractivity contribution in [3.8, 4) is 0 Å². The fourth-order valence-electron chi connectivity index (χ4n) is 2.89. The lowest BCUT2D eigenvalue weighted by molar-refractivity contribution is -0.119. The van der Waals surface area contributed by atoms with Gasteiger partial charge in [0.05, 0.1) is 22.3 Å². The number of hydrogen-bond donors (Lipinski definition) is 1. The van der Waals surface area contributed by atoms with Gasteiger partial charge in [-0.25, -0.2) is 21.1 Å². The highest BCUT2D eigenvalue weighted by Gasteiger charge is 2.41. The van der Waals surface area contributed by atoms with Gasteiger partial charge in [-0.2, -0.15) is 0 Å². The molecule has 2 aromatic carbocycles. The molecular weight excluding hydrogens is 402 g/mol. The summed E-state index contributed by atoms with van der Waals surface area (Å²) in [7, 11) is -3.82. The maximum absolute atomic E-state index is 12.6. The highest BCUT2D eigenvalue weighted by atomic mass is 32.2. The summed E-state index contributed by atoms with van der Waals surface area (Å²) in [4.78, 5) is 14.0. The van der Waals surface area contributed by atoms with Gasteiger partial charge in [-0.15, -0.1) is 0 Å². The SMILES string of the molecule is CC1CS(=O)(=O)N(c2ccc(S(=O)(=O)Nc3ccc(N(C)C)cc3)cc2)C1=O. The predicted octanol–water partition coefficient (Wildman–Crippen LogP) is 1.87. The molecule has 0 radical (unpaired) electrons. The van der Waals surface area contributed by atoms with Gasteiger partial charge in [-0.1, -0.05) is 6.92 Å². The van der Waals surface area contributed by atoms with Crippen LogP contribution < -0.4 is 13.9 Å². The second kappa shape index (κ2) is 7.10. The molecule has 1 aliphatic heterocycles. The van der Waals surface area contributed by atoms with Gasteiger partial charge in [0, 0.05) is 25.5 Å². The highest BCUT2D eigenvalue weighted by molar-refractivity contribution is 7.94. The Morgan fingerprint density at radius 2 is 1.61 bits per heavy atom. The minimum absolute atomic E-state index is 0.0370. The van der Waals surface area contributed by atoms with Gasteiger partial charge in [0.25, 0.3) is 10.0 Å². The summed E-state index contributed by atoms with van der Waals surface area (Å²) >= 11 is 0. The van der Waals surface area contributed by atoms with Crippen LogP contribution in [0.3, 0.4) is 0 Å². The Kier molecular flexibility index (Phi) is 5.11. The average Bonchev–Trinajstić information content (AvgIpc) is 2.82. The molecular formula is C18H21N3O5S2. The van der Waals surface area contributed by atoms with Crippen molar-refractivity contribution in [1.29, 1.82) is 0 Å². The molecule has 1 heterocycles. The van der Waals surface area contributed by atoms with E-state index in [4.69, 9.17) is 0 Å². The monoisotopic (exact) mass is 423 g/mol. The molecule has 0 aromatic heterocycles. The Morgan fingerprint density at radius 1 is 1.04 bits per heavy atom. The molecule has 1 unspecified atom stereocenters. The number of nitrogens with one attached hydrogen (secondary N) is 1. The third kappa shape index (κ3) is 3.83. The van der Waals surface area contributed by atoms with E-state index < -0.39 is 31.9 Å². The summed E-state index contributed by atoms with van der Waals surface area (Å²) in [5.74, 6) is -1.40. The van der Waals surface area contributed by atoms with Gasteiger partial charge in [-0.05, 0) is 48.5 Å². The molecule has 8 nitrogen and oxygen atoms in total. The molecule has 1 saturated heterocycles. The zero-order valence-corrected chi connectivity index (χ0v) is 17.3. The molecule has 150 valence electrons. The molecule has 1 aliphatic rings. The molecule has 3 rings (SSSR count). The number of rotatable bonds is 5. The molecule has 10 heteroatoms. The Hall–Kier alpha value is -2.59. The van der Waals surface area contributed by atoms with Crippen LogP contribution in [-0.2, 0) is 24.8 Å². The van der Waals surface area contributed by atoms with Crippen LogP contribution in [0.1, 0.15) is 6.92 Å². The zero-order valence-electron chi connectivity index (χ0n) is 15.7. The maximum Gasteiger partial charge on any atom is 0.261 e. The van der Waals surface area contributed by atoms with E-state index in [2.05, 4.69) is 4.72 Å². The third-order valence-corrected chi connectivity index (χ3v) is 7.64. The Bertz CT molecular complexity index is 1090. The van der Waals surface area contributed by atoms with E-state index in [0.29, 0.717) is 5.69 Å². The summed E-state index contributed by atoms with van der Waals surface area (Å²) < 4.78 is 52.7. The van der Waals surface area contributed by atoms with Crippen molar-refractivity contribution >= 4 is 43.0 Å². The molecule has 1 N–H and O–H groups in total. The van der Waals surface area contributed by atoms with Crippen LogP contribution in [0.25, 0.3) is 0 Å². The Labute approximate surface area is 164 Å². The van der Waals surface area contributed by atoms with Crippen LogP contribution in [0.15, 0.2) is 53.4 Å². The Morgan fingerprint density at radius 3 is 2.07 bits per heavy atom. The summed E-state index contributed by atoms with van der Waals surface area (Å²) in [5, 5.41) is 0. The molecule has 1 fully saturated rings. The van der Waals surface area contributed by atoms with Crippen LogP contribution in [-0.4, -0.2) is 42.6 Å². The normalized spacial score (nSPS) is 18.9. The number of nitrogens with zero attached hydrogens (tertiary/aromatic N) is 2. The smallest absolute Gasteiger partial charge is 0.261 e. The quantitative estimate of drug-likeness (QED) is 0.787. The van der Waals surface area contributed by atoms with Crippen molar-refractivity contribution in [2.75, 3.05) is 33.8 Å². The van der Waals surface area contributed by atoms with E-state index in [0.717, 1.165) is 9.99 Å². The number of sulfonamides is 2.